The number of unbranched alkanes of at least 4 members (excludes halogenated alkanes) is 1. The Morgan fingerprint density at radius 1 is 0.553 bits per heavy atom. The van der Waals surface area contributed by atoms with Crippen molar-refractivity contribution in [2.45, 2.75) is 163 Å². The van der Waals surface area contributed by atoms with Crippen LogP contribution < -0.4 is 16.0 Å². The van der Waals surface area contributed by atoms with E-state index in [1.165, 1.54) is 76.9 Å². The molecule has 510 valence electrons. The minimum Gasteiger partial charge on any atom is -0.460 e. The van der Waals surface area contributed by atoms with Crippen molar-refractivity contribution in [3.63, 3.8) is 0 Å². The lowest BCUT2D eigenvalue weighted by Gasteiger charge is -2.35. The van der Waals surface area contributed by atoms with Crippen LogP contribution in [0.2, 0.25) is 0 Å². The zero-order chi connectivity index (χ0) is 68.6. The monoisotopic (exact) mass is 1370 g/mol. The number of anilines is 2. The number of benzene rings is 2. The van der Waals surface area contributed by atoms with Crippen LogP contribution in [0.15, 0.2) is 107 Å². The summed E-state index contributed by atoms with van der Waals surface area (Å²) in [5.41, 5.74) is 0.559. The third-order valence-corrected chi connectivity index (χ3v) is 23.1. The number of aromatic nitrogens is 2. The van der Waals surface area contributed by atoms with Gasteiger partial charge in [0, 0.05) is 124 Å². The molecule has 4 aliphatic heterocycles. The van der Waals surface area contributed by atoms with Crippen LogP contribution in [0.1, 0.15) is 112 Å². The molecule has 3 N–H and O–H groups in total. The maximum absolute atomic E-state index is 14.2. The number of rotatable bonds is 22. The molecule has 2 aromatic heterocycles. The number of esters is 2. The number of pyridine rings is 2. The Kier molecular flexibility index (Phi) is 23.4. The van der Waals surface area contributed by atoms with Gasteiger partial charge in [-0.2, -0.15) is 8.61 Å². The summed E-state index contributed by atoms with van der Waals surface area (Å²) in [5, 5.41) is 8.60. The summed E-state index contributed by atoms with van der Waals surface area (Å²) < 4.78 is 67.2. The largest absolute Gasteiger partial charge is 0.460 e. The maximum atomic E-state index is 14.2. The van der Waals surface area contributed by atoms with Crippen LogP contribution in [0.5, 0.6) is 0 Å². The molecular formula is C65H87N11O14S4. The van der Waals surface area contributed by atoms with Gasteiger partial charge in [-0.25, -0.2) is 31.2 Å². The number of sulfonamides is 2. The molecule has 4 aromatic rings. The fourth-order valence-electron chi connectivity index (χ4n) is 11.5. The van der Waals surface area contributed by atoms with E-state index in [2.05, 4.69) is 25.9 Å². The smallest absolute Gasteiger partial charge is 0.329 e. The predicted molar refractivity (Wildman–Crippen MR) is 357 cm³/mol. The molecule has 0 spiro atoms. The Balaban J connectivity index is 0.738. The molecule has 6 heterocycles. The van der Waals surface area contributed by atoms with Crippen molar-refractivity contribution in [2.75, 3.05) is 74.7 Å². The average Bonchev–Trinajstić information content (AvgIpc) is 1.58. The van der Waals surface area contributed by atoms with Gasteiger partial charge in [-0.1, -0.05) is 24.3 Å². The number of piperazine rings is 2. The first-order valence-corrected chi connectivity index (χ1v) is 36.2. The van der Waals surface area contributed by atoms with Gasteiger partial charge in [0.25, 0.3) is 0 Å². The summed E-state index contributed by atoms with van der Waals surface area (Å²) in [6.07, 6.45) is 6.73. The van der Waals surface area contributed by atoms with E-state index in [1.807, 2.05) is 13.8 Å². The third-order valence-electron chi connectivity index (χ3n) is 16.5. The highest BCUT2D eigenvalue weighted by atomic mass is 32.2. The van der Waals surface area contributed by atoms with Crippen LogP contribution in [-0.2, 0) is 71.1 Å². The Bertz CT molecular complexity index is 3380. The molecule has 4 fully saturated rings. The van der Waals surface area contributed by atoms with Crippen molar-refractivity contribution in [3.05, 3.63) is 109 Å². The van der Waals surface area contributed by atoms with Gasteiger partial charge in [-0.15, -0.1) is 23.5 Å². The number of nitrogens with one attached hydrogen (secondary N) is 3. The molecule has 0 unspecified atom stereocenters. The number of urea groups is 2. The number of hydrogen-bond donors (Lipinski definition) is 3. The molecule has 8 rings (SSSR count). The number of carbonyl (C=O) groups excluding carboxylic acids is 8. The second-order valence-electron chi connectivity index (χ2n) is 26.8. The van der Waals surface area contributed by atoms with E-state index in [-0.39, 0.29) is 77.5 Å². The SMILES string of the molecule is CC(C)(C)OC(=O)[C@@H](CC(=O)[C@H]1N(S(=O)(=O)c2cccnc2)CSC1(C)C)Cc1ccc(NC(=O)N2CCN(C(=O)CCCCC(=O)N3CCN(C(=O)Nc4ccc(C[C@H](NC(=O)[C@H]5N(S(=O)(=O)c6cccnc6)CSC5(C)C)C(=O)OC(C)(C)C)cc4)CC3)CC2)cc1. The highest BCUT2D eigenvalue weighted by molar-refractivity contribution is 8.02. The van der Waals surface area contributed by atoms with Crippen molar-refractivity contribution >= 4 is 102 Å². The molecule has 94 heavy (non-hydrogen) atoms. The minimum absolute atomic E-state index is 0.00662. The van der Waals surface area contributed by atoms with E-state index >= 15 is 0 Å². The molecule has 4 atom stereocenters. The number of amides is 7. The number of ether oxygens (including phenoxy) is 2. The number of hydrogen-bond acceptors (Lipinski definition) is 18. The van der Waals surface area contributed by atoms with E-state index in [0.717, 1.165) is 4.31 Å². The first-order valence-electron chi connectivity index (χ1n) is 31.4. The second-order valence-corrected chi connectivity index (χ2v) is 33.8. The fourth-order valence-corrected chi connectivity index (χ4v) is 17.8. The average molecular weight is 1370 g/mol. The van der Waals surface area contributed by atoms with E-state index in [9.17, 15) is 55.2 Å². The van der Waals surface area contributed by atoms with Crippen molar-refractivity contribution in [3.8, 4) is 0 Å². The number of ketones is 1. The van der Waals surface area contributed by atoms with Crippen LogP contribution in [0.25, 0.3) is 0 Å². The Morgan fingerprint density at radius 2 is 0.947 bits per heavy atom. The maximum Gasteiger partial charge on any atom is 0.329 e. The normalized spacial score (nSPS) is 19.4. The molecule has 29 heteroatoms. The predicted octanol–water partition coefficient (Wildman–Crippen LogP) is 7.00. The van der Waals surface area contributed by atoms with E-state index < -0.39 is 88.4 Å². The zero-order valence-corrected chi connectivity index (χ0v) is 58.3. The van der Waals surface area contributed by atoms with E-state index in [1.54, 1.807) is 124 Å². The van der Waals surface area contributed by atoms with E-state index in [4.69, 9.17) is 9.47 Å². The van der Waals surface area contributed by atoms with Gasteiger partial charge in [0.05, 0.1) is 23.7 Å². The molecule has 4 saturated heterocycles. The van der Waals surface area contributed by atoms with Crippen molar-refractivity contribution in [1.29, 1.82) is 0 Å². The highest BCUT2D eigenvalue weighted by Crippen LogP contribution is 2.44. The molecule has 0 saturated carbocycles. The number of carbonyl (C=O) groups is 8. The molecular weight excluding hydrogens is 1290 g/mol. The second kappa shape index (κ2) is 30.3. The Labute approximate surface area is 559 Å². The fraction of sp³-hybridized carbons (Fsp3) is 0.538. The van der Waals surface area contributed by atoms with Gasteiger partial charge in [-0.05, 0) is 148 Å². The third kappa shape index (κ3) is 18.8. The van der Waals surface area contributed by atoms with Crippen LogP contribution in [-0.4, -0.2) is 205 Å². The summed E-state index contributed by atoms with van der Waals surface area (Å²) in [6.45, 7) is 20.0. The lowest BCUT2D eigenvalue weighted by Crippen LogP contribution is -2.57. The zero-order valence-electron chi connectivity index (χ0n) is 55.0. The van der Waals surface area contributed by atoms with Crippen molar-refractivity contribution < 1.29 is 64.7 Å². The van der Waals surface area contributed by atoms with Gasteiger partial charge in [0.1, 0.15) is 33.1 Å². The van der Waals surface area contributed by atoms with Gasteiger partial charge in [0.2, 0.25) is 37.8 Å². The van der Waals surface area contributed by atoms with Gasteiger partial charge in [-0.3, -0.25) is 33.9 Å². The number of thioether (sulfide) groups is 2. The lowest BCUT2D eigenvalue weighted by molar-refractivity contribution is -0.161. The standard InChI is InChI=1S/C65H87N11O14S4/c1-62(2,3)89-58(81)46(39-52(77)55-64(7,8)91-42-75(55)93(85,86)49-15-13-27-66-40-49)37-44-19-23-47(24-20-44)68-60(83)73-33-29-71(30-34-73)53(78)17-11-12-18-54(79)72-31-35-74(36-32-72)61(84)69-48-25-21-45(22-26-48)38-51(59(82)90-63(4,5)6)70-57(80)56-65(9,10)92-43-76(56)94(87,88)50-16-14-28-67-41-50/h13-16,19-28,40-41,46,51,55-56H,11-12,17-18,29-39,42-43H2,1-10H3,(H,68,83)(H,69,84)(H,70,80)/t46-,51+,55-,56-/m1/s1. The first-order chi connectivity index (χ1) is 44.1. The lowest BCUT2D eigenvalue weighted by atomic mass is 9.88. The number of nitrogens with zero attached hydrogens (tertiary/aromatic N) is 8. The number of Topliss-reactive ketones (excluding diaryl/α,β-unsaturated/α-hetero) is 1. The van der Waals surface area contributed by atoms with E-state index in [0.29, 0.717) is 87.7 Å². The Morgan fingerprint density at radius 3 is 1.36 bits per heavy atom. The summed E-state index contributed by atoms with van der Waals surface area (Å²) in [6, 6.07) is 15.4. The summed E-state index contributed by atoms with van der Waals surface area (Å²) in [4.78, 5) is 124. The van der Waals surface area contributed by atoms with Gasteiger partial charge in [0.15, 0.2) is 5.78 Å². The van der Waals surface area contributed by atoms with Crippen LogP contribution >= 0.6 is 23.5 Å². The Hall–Kier alpha value is -7.18. The van der Waals surface area contributed by atoms with Crippen LogP contribution in [0.4, 0.5) is 21.0 Å². The molecule has 7 amide bonds. The minimum atomic E-state index is -4.13. The molecule has 2 aromatic carbocycles. The van der Waals surface area contributed by atoms with Crippen LogP contribution in [0, 0.1) is 5.92 Å². The molecule has 0 radical (unpaired) electrons. The molecule has 4 aliphatic rings. The van der Waals surface area contributed by atoms with Gasteiger partial charge >= 0.3 is 24.0 Å². The summed E-state index contributed by atoms with van der Waals surface area (Å²) >= 11 is 2.65. The van der Waals surface area contributed by atoms with Crippen LogP contribution in [0.3, 0.4) is 0 Å². The molecule has 0 aliphatic carbocycles. The quantitative estimate of drug-likeness (QED) is 0.0527. The summed E-state index contributed by atoms with van der Waals surface area (Å²) in [5.74, 6) is -3.35. The van der Waals surface area contributed by atoms with Gasteiger partial charge < -0.3 is 45.0 Å². The van der Waals surface area contributed by atoms with Crippen molar-refractivity contribution in [1.82, 2.24) is 43.5 Å². The molecule has 0 bridgehead atoms. The highest BCUT2D eigenvalue weighted by Gasteiger charge is 2.53. The first kappa shape index (κ1) is 72.6. The summed E-state index contributed by atoms with van der Waals surface area (Å²) in [7, 11) is -8.21. The molecule has 25 nitrogen and oxygen atoms in total. The topological polar surface area (TPSA) is 305 Å². The van der Waals surface area contributed by atoms with Crippen molar-refractivity contribution in [2.24, 2.45) is 5.92 Å².